The van der Waals surface area contributed by atoms with Crippen LogP contribution in [0, 0.1) is 23.2 Å². The topological polar surface area (TPSA) is 148 Å². The molecule has 2 amide bonds. The highest BCUT2D eigenvalue weighted by atomic mass is 16.5. The number of amides is 2. The smallest absolute Gasteiger partial charge is 0.243 e. The van der Waals surface area contributed by atoms with E-state index >= 15 is 0 Å². The van der Waals surface area contributed by atoms with Gasteiger partial charge in [-0.05, 0) is 44.4 Å². The molecule has 0 aromatic rings. The highest BCUT2D eigenvalue weighted by Gasteiger charge is 2.43. The van der Waals surface area contributed by atoms with Gasteiger partial charge in [0.1, 0.15) is 0 Å². The van der Waals surface area contributed by atoms with Crippen molar-refractivity contribution in [2.24, 2.45) is 34.7 Å². The van der Waals surface area contributed by atoms with Crippen molar-refractivity contribution in [3.05, 3.63) is 0 Å². The lowest BCUT2D eigenvalue weighted by atomic mass is 9.65. The first kappa shape index (κ1) is 24.5. The molecular weight excluding hydrogens is 336 g/mol. The van der Waals surface area contributed by atoms with E-state index in [1.165, 1.54) is 0 Å². The molecule has 0 aromatic carbocycles. The summed E-state index contributed by atoms with van der Waals surface area (Å²) in [6.07, 6.45) is 1.52. The van der Waals surface area contributed by atoms with Gasteiger partial charge in [0.15, 0.2) is 5.78 Å². The van der Waals surface area contributed by atoms with Crippen LogP contribution in [0.15, 0.2) is 0 Å². The van der Waals surface area contributed by atoms with Gasteiger partial charge in [-0.2, -0.15) is 0 Å². The molecule has 0 saturated carbocycles. The van der Waals surface area contributed by atoms with E-state index in [1.807, 2.05) is 27.7 Å². The lowest BCUT2D eigenvalue weighted by molar-refractivity contribution is -0.136. The van der Waals surface area contributed by atoms with Crippen LogP contribution in [-0.4, -0.2) is 28.8 Å². The van der Waals surface area contributed by atoms with Crippen molar-refractivity contribution in [2.75, 3.05) is 0 Å². The minimum atomic E-state index is -0.930. The van der Waals surface area contributed by atoms with Crippen molar-refractivity contribution in [1.82, 2.24) is 10.9 Å². The Morgan fingerprint density at radius 3 is 2.00 bits per heavy atom. The first-order chi connectivity index (χ1) is 12.0. The Kier molecular flexibility index (Phi) is 10.6. The summed E-state index contributed by atoms with van der Waals surface area (Å²) in [5.74, 6) is 4.22. The lowest BCUT2D eigenvalue weighted by Crippen LogP contribution is -2.47. The van der Waals surface area contributed by atoms with Gasteiger partial charge in [0.2, 0.25) is 11.8 Å². The number of carbonyl (C=O) groups excluding carboxylic acids is 3. The molecule has 0 radical (unpaired) electrons. The van der Waals surface area contributed by atoms with E-state index in [0.717, 1.165) is 0 Å². The summed E-state index contributed by atoms with van der Waals surface area (Å²) in [6.45, 7) is 9.57. The van der Waals surface area contributed by atoms with E-state index < -0.39 is 23.3 Å². The van der Waals surface area contributed by atoms with Gasteiger partial charge in [-0.3, -0.25) is 25.0 Å². The number of hydrogen-bond donors (Lipinski definition) is 5. The molecule has 26 heavy (non-hydrogen) atoms. The Morgan fingerprint density at radius 1 is 1.04 bits per heavy atom. The fourth-order valence-electron chi connectivity index (χ4n) is 3.73. The average molecular weight is 373 g/mol. The maximum atomic E-state index is 13.1. The molecule has 0 rings (SSSR count). The maximum absolute atomic E-state index is 13.1. The number of hydroxylamine groups is 1. The third kappa shape index (κ3) is 7.80. The van der Waals surface area contributed by atoms with E-state index in [2.05, 4.69) is 5.43 Å². The second-order valence-electron chi connectivity index (χ2n) is 8.11. The molecule has 0 bridgehead atoms. The number of hydrogen-bond acceptors (Lipinski definition) is 6. The molecule has 0 aliphatic rings. The molecular formula is C18H36N4O4. The minimum absolute atomic E-state index is 0.0275. The van der Waals surface area contributed by atoms with Crippen LogP contribution in [0.1, 0.15) is 66.7 Å². The molecule has 8 heteroatoms. The van der Waals surface area contributed by atoms with Gasteiger partial charge in [-0.15, -0.1) is 0 Å². The van der Waals surface area contributed by atoms with E-state index in [1.54, 1.807) is 12.4 Å². The Morgan fingerprint density at radius 2 is 1.62 bits per heavy atom. The molecule has 0 heterocycles. The third-order valence-corrected chi connectivity index (χ3v) is 4.60. The third-order valence-electron chi connectivity index (χ3n) is 4.60. The fraction of sp³-hybridized carbons (Fsp3) is 0.833. The van der Waals surface area contributed by atoms with Crippen LogP contribution < -0.4 is 22.5 Å². The minimum Gasteiger partial charge on any atom is -0.322 e. The van der Waals surface area contributed by atoms with Crippen molar-refractivity contribution in [2.45, 2.75) is 72.8 Å². The van der Waals surface area contributed by atoms with Crippen molar-refractivity contribution in [1.29, 1.82) is 0 Å². The molecule has 0 aliphatic heterocycles. The number of hydrazine groups is 1. The number of nitrogens with two attached hydrogens (primary N) is 2. The van der Waals surface area contributed by atoms with Crippen molar-refractivity contribution < 1.29 is 19.6 Å². The van der Waals surface area contributed by atoms with Crippen molar-refractivity contribution in [3.8, 4) is 0 Å². The van der Waals surface area contributed by atoms with Crippen molar-refractivity contribution >= 4 is 17.6 Å². The summed E-state index contributed by atoms with van der Waals surface area (Å²) in [5.41, 5.74) is 8.76. The quantitative estimate of drug-likeness (QED) is 0.151. The fourth-order valence-corrected chi connectivity index (χ4v) is 3.73. The van der Waals surface area contributed by atoms with E-state index in [0.29, 0.717) is 12.8 Å². The molecule has 0 aliphatic carbocycles. The summed E-state index contributed by atoms with van der Waals surface area (Å²) < 4.78 is 0. The van der Waals surface area contributed by atoms with Crippen LogP contribution in [0.5, 0.6) is 0 Å². The predicted molar refractivity (Wildman–Crippen MR) is 99.6 cm³/mol. The number of Topliss-reactive ketones (excluding diaryl/α,β-unsaturated/α-hetero) is 1. The summed E-state index contributed by atoms with van der Waals surface area (Å²) in [5, 5.41) is 8.80. The highest BCUT2D eigenvalue weighted by Crippen LogP contribution is 2.41. The molecule has 0 aromatic heterocycles. The van der Waals surface area contributed by atoms with Gasteiger partial charge in [0.25, 0.3) is 0 Å². The van der Waals surface area contributed by atoms with Gasteiger partial charge in [0.05, 0.1) is 6.04 Å². The van der Waals surface area contributed by atoms with Crippen molar-refractivity contribution in [3.63, 3.8) is 0 Å². The van der Waals surface area contributed by atoms with E-state index in [4.69, 9.17) is 16.8 Å². The first-order valence-corrected chi connectivity index (χ1v) is 9.22. The van der Waals surface area contributed by atoms with E-state index in [-0.39, 0.29) is 42.8 Å². The standard InChI is InChI=1S/C18H36N4O4/c1-11(2)8-14(17(25)21-20)10-18(9-12(3)4,16(24)13(5)19)7-6-15(23)22-26/h11-14,26H,6-10,19-20H2,1-5H3,(H,21,25)(H,22,23)/t13-,14-,18?/m1/s1. The van der Waals surface area contributed by atoms with Gasteiger partial charge >= 0.3 is 0 Å². The van der Waals surface area contributed by atoms with Crippen LogP contribution in [0.25, 0.3) is 0 Å². The Balaban J connectivity index is 5.89. The molecule has 0 saturated heterocycles. The van der Waals surface area contributed by atoms with Crippen LogP contribution in [0.3, 0.4) is 0 Å². The molecule has 8 nitrogen and oxygen atoms in total. The average Bonchev–Trinajstić information content (AvgIpc) is 2.56. The molecule has 152 valence electrons. The Labute approximate surface area is 156 Å². The first-order valence-electron chi connectivity index (χ1n) is 9.22. The molecule has 0 spiro atoms. The monoisotopic (exact) mass is 372 g/mol. The number of nitrogens with one attached hydrogen (secondary N) is 2. The molecule has 7 N–H and O–H groups in total. The van der Waals surface area contributed by atoms with Crippen LogP contribution in [0.4, 0.5) is 0 Å². The summed E-state index contributed by atoms with van der Waals surface area (Å²) >= 11 is 0. The largest absolute Gasteiger partial charge is 0.322 e. The second-order valence-corrected chi connectivity index (χ2v) is 8.11. The van der Waals surface area contributed by atoms with Gasteiger partial charge < -0.3 is 5.73 Å². The summed E-state index contributed by atoms with van der Waals surface area (Å²) in [4.78, 5) is 36.9. The Bertz CT molecular complexity index is 480. The molecule has 1 unspecified atom stereocenters. The number of ketones is 1. The van der Waals surface area contributed by atoms with E-state index in [9.17, 15) is 14.4 Å². The summed E-state index contributed by atoms with van der Waals surface area (Å²) in [7, 11) is 0. The lowest BCUT2D eigenvalue weighted by Gasteiger charge is -2.38. The molecule has 3 atom stereocenters. The zero-order valence-corrected chi connectivity index (χ0v) is 16.7. The SMILES string of the molecule is CC(C)C[C@H](CC(CCC(=O)NO)(CC(C)C)C(=O)[C@@H](C)N)C(=O)NN. The zero-order valence-electron chi connectivity index (χ0n) is 16.7. The maximum Gasteiger partial charge on any atom is 0.243 e. The number of carbonyl (C=O) groups is 3. The second kappa shape index (κ2) is 11.3. The van der Waals surface area contributed by atoms with Gasteiger partial charge in [-0.25, -0.2) is 11.3 Å². The normalized spacial score (nSPS) is 16.1. The van der Waals surface area contributed by atoms with Gasteiger partial charge in [-0.1, -0.05) is 27.7 Å². The van der Waals surface area contributed by atoms with Gasteiger partial charge in [0, 0.05) is 17.8 Å². The zero-order chi connectivity index (χ0) is 20.5. The highest BCUT2D eigenvalue weighted by molar-refractivity contribution is 5.90. The molecule has 0 fully saturated rings. The summed E-state index contributed by atoms with van der Waals surface area (Å²) in [6, 6.07) is -0.716. The Hall–Kier alpha value is -1.51. The van der Waals surface area contributed by atoms with Crippen LogP contribution in [0.2, 0.25) is 0 Å². The van der Waals surface area contributed by atoms with Crippen LogP contribution >= 0.6 is 0 Å². The van der Waals surface area contributed by atoms with Crippen LogP contribution in [-0.2, 0) is 14.4 Å². The predicted octanol–water partition coefficient (Wildman–Crippen LogP) is 1.26. The number of rotatable bonds is 12.